The molecule has 3 saturated heterocycles. The van der Waals surface area contributed by atoms with Gasteiger partial charge in [0.15, 0.2) is 48.9 Å². The van der Waals surface area contributed by atoms with E-state index in [1.54, 1.807) is 0 Å². The van der Waals surface area contributed by atoms with Gasteiger partial charge in [0.05, 0.1) is 38.1 Å². The molecule has 17 N–H and O–H groups in total. The number of phenolic OH excluding ortho intramolecular Hbond substituents is 2. The molecule has 5 amide bonds. The number of phenols is 2. The van der Waals surface area contributed by atoms with E-state index >= 15 is 0 Å². The zero-order chi connectivity index (χ0) is 75.2. The monoisotopic (exact) mass is 1490 g/mol. The number of carboxylic acid groups (broad SMARTS) is 1. The van der Waals surface area contributed by atoms with Crippen LogP contribution in [0.25, 0.3) is 0 Å². The summed E-state index contributed by atoms with van der Waals surface area (Å²) in [7, 11) is -5.66. The number of phosphoric acid groups is 1. The van der Waals surface area contributed by atoms with E-state index in [9.17, 15) is 89.0 Å². The Morgan fingerprint density at radius 2 is 1.28 bits per heavy atom. The van der Waals surface area contributed by atoms with Crippen molar-refractivity contribution in [2.45, 2.75) is 221 Å². The Labute approximate surface area is 594 Å². The van der Waals surface area contributed by atoms with Crippen LogP contribution in [0, 0.1) is 0 Å². The van der Waals surface area contributed by atoms with Crippen LogP contribution in [0.3, 0.4) is 0 Å². The minimum atomic E-state index is -5.66. The number of unbranched alkanes of at least 4 members (excludes halogenated alkanes) is 13. The lowest BCUT2D eigenvalue weighted by molar-refractivity contribution is -0.357. The fraction of sp³-hybridized carbons (Fsp3) is 0.591. The van der Waals surface area contributed by atoms with Crippen molar-refractivity contribution in [2.24, 2.45) is 11.5 Å². The summed E-state index contributed by atoms with van der Waals surface area (Å²) in [6, 6.07) is 9.00. The van der Waals surface area contributed by atoms with Crippen LogP contribution >= 0.6 is 7.82 Å². The highest BCUT2D eigenvalue weighted by molar-refractivity contribution is 7.47. The molecule has 572 valence electrons. The number of aromatic nitrogens is 3. The molecule has 37 nitrogen and oxygen atoms in total. The van der Waals surface area contributed by atoms with Crippen molar-refractivity contribution in [1.29, 1.82) is 0 Å². The van der Waals surface area contributed by atoms with Crippen molar-refractivity contribution in [1.82, 2.24) is 30.9 Å². The maximum Gasteiger partial charge on any atom is 0.474 e. The van der Waals surface area contributed by atoms with Gasteiger partial charge in [-0.15, -0.1) is 5.10 Å². The number of nitrogens with two attached hydrogens (primary N) is 2. The summed E-state index contributed by atoms with van der Waals surface area (Å²) in [5.74, 6) is -6.44. The second-order valence-electron chi connectivity index (χ2n) is 25.7. The average molecular weight is 1490 g/mol. The molecular weight excluding hydrogens is 1400 g/mol. The number of nitrogens with one attached hydrogen (secondary N) is 3. The third-order valence-corrected chi connectivity index (χ3v) is 19.1. The van der Waals surface area contributed by atoms with Gasteiger partial charge in [0.25, 0.3) is 5.91 Å². The fourth-order valence-electron chi connectivity index (χ4n) is 13.0. The molecule has 5 aliphatic heterocycles. The first-order chi connectivity index (χ1) is 49.7. The molecule has 17 atom stereocenters. The van der Waals surface area contributed by atoms with E-state index in [0.29, 0.717) is 29.5 Å². The van der Waals surface area contributed by atoms with Gasteiger partial charge in [0.1, 0.15) is 90.0 Å². The van der Waals surface area contributed by atoms with Crippen LogP contribution in [0.1, 0.15) is 147 Å². The number of carbonyl (C=O) groups excluding carboxylic acids is 6. The first kappa shape index (κ1) is 80.0. The Kier molecular flexibility index (Phi) is 27.9. The number of aliphatic carboxylic acids is 1. The maximum absolute atomic E-state index is 13.8. The van der Waals surface area contributed by atoms with Crippen LogP contribution in [0.5, 0.6) is 23.0 Å². The van der Waals surface area contributed by atoms with Gasteiger partial charge in [0, 0.05) is 47.9 Å². The van der Waals surface area contributed by atoms with Crippen LogP contribution in [0.4, 0.5) is 4.79 Å². The fourth-order valence-corrected chi connectivity index (χ4v) is 13.8. The Hall–Kier alpha value is -8.08. The number of aliphatic hydroxyl groups excluding tert-OH is 6. The number of rotatable bonds is 37. The third-order valence-electron chi connectivity index (χ3n) is 18.1. The number of ether oxygens (including phenoxy) is 9. The van der Waals surface area contributed by atoms with E-state index in [1.807, 2.05) is 0 Å². The number of aromatic hydroxyl groups is 2. The molecule has 3 fully saturated rings. The van der Waals surface area contributed by atoms with Gasteiger partial charge < -0.3 is 121 Å². The number of esters is 1. The number of hydrogen-bond acceptors (Lipinski definition) is 29. The van der Waals surface area contributed by atoms with Gasteiger partial charge >= 0.3 is 25.9 Å². The highest BCUT2D eigenvalue weighted by Gasteiger charge is 2.58. The third kappa shape index (κ3) is 19.5. The number of fused-ring (bicyclic) bond motifs is 6. The minimum absolute atomic E-state index is 0.0207. The Morgan fingerprint density at radius 3 is 1.86 bits per heavy atom. The molecule has 5 aliphatic rings. The van der Waals surface area contributed by atoms with Crippen LogP contribution in [0.15, 0.2) is 60.8 Å². The number of phosphoric ester groups is 1. The number of carboxylic acids is 1. The number of aliphatic hydroxyl groups is 6. The molecule has 1 aromatic heterocycles. The normalized spacial score (nSPS) is 26.9. The molecule has 6 heterocycles. The molecule has 4 aromatic rings. The SMILES string of the molecule is CCCCCCCCCCCCCCCCO[C@H](COP(=O)(O)O[C@H]1O[C@H](C(N)=O)[C@@H](O)[C@H](OC(N)=O)[C@H]1O[C@@H]1O[C@H](CO)[C@@H](O[C@@H]2O[C@H](CO)[C@H](O)[C@H](O)[C@H]2NC(=O)Cn2cc(CNC(=O)c3ccc4c(c3)C(=O)OC43c4ccc(O)cc4Oc4cc(O)ccc43)nn2)[C@H](O)[C@H]1NC(C)=O)C(=O)O. The van der Waals surface area contributed by atoms with Gasteiger partial charge in [-0.25, -0.2) is 23.6 Å². The number of primary amides is 2. The van der Waals surface area contributed by atoms with Gasteiger partial charge in [-0.2, -0.15) is 0 Å². The zero-order valence-corrected chi connectivity index (χ0v) is 57.7. The van der Waals surface area contributed by atoms with Gasteiger partial charge in [-0.1, -0.05) is 102 Å². The van der Waals surface area contributed by atoms with Crippen molar-refractivity contribution >= 4 is 49.5 Å². The van der Waals surface area contributed by atoms with Gasteiger partial charge in [-0.3, -0.25) is 28.2 Å². The van der Waals surface area contributed by atoms with Crippen LogP contribution in [-0.2, 0) is 89.4 Å². The molecule has 0 saturated carbocycles. The smallest absolute Gasteiger partial charge is 0.474 e. The van der Waals surface area contributed by atoms with Crippen LogP contribution in [0.2, 0.25) is 0 Å². The van der Waals surface area contributed by atoms with Gasteiger partial charge in [0.2, 0.25) is 17.7 Å². The number of nitrogens with zero attached hydrogens (tertiary/aromatic N) is 3. The summed E-state index contributed by atoms with van der Waals surface area (Å²) < 4.78 is 77.1. The number of hydrogen-bond donors (Lipinski definition) is 15. The number of amides is 5. The maximum atomic E-state index is 13.8. The summed E-state index contributed by atoms with van der Waals surface area (Å²) in [6.07, 6.45) is -14.9. The zero-order valence-electron chi connectivity index (χ0n) is 56.8. The number of carbonyl (C=O) groups is 7. The Morgan fingerprint density at radius 1 is 0.702 bits per heavy atom. The Balaban J connectivity index is 0.831. The summed E-state index contributed by atoms with van der Waals surface area (Å²) in [6.45, 7) is -1.15. The van der Waals surface area contributed by atoms with E-state index in [4.69, 9.17) is 63.1 Å². The minimum Gasteiger partial charge on any atom is -0.508 e. The molecular formula is C66H89N8O29P. The molecule has 0 radical (unpaired) electrons. The summed E-state index contributed by atoms with van der Waals surface area (Å²) in [4.78, 5) is 102. The highest BCUT2D eigenvalue weighted by atomic mass is 31.2. The summed E-state index contributed by atoms with van der Waals surface area (Å²) >= 11 is 0. The Bertz CT molecular complexity index is 3650. The van der Waals surface area contributed by atoms with Gasteiger partial charge in [-0.05, 0) is 42.8 Å². The van der Waals surface area contributed by atoms with E-state index in [0.717, 1.165) is 43.7 Å². The lowest BCUT2D eigenvalue weighted by Crippen LogP contribution is -2.70. The average Bonchev–Trinajstić information content (AvgIpc) is 1.50. The predicted molar refractivity (Wildman–Crippen MR) is 351 cm³/mol. The van der Waals surface area contributed by atoms with Crippen molar-refractivity contribution in [3.8, 4) is 23.0 Å². The summed E-state index contributed by atoms with van der Waals surface area (Å²) in [5.41, 5.74) is 10.5. The molecule has 38 heteroatoms. The lowest BCUT2D eigenvalue weighted by atomic mass is 9.77. The number of benzene rings is 3. The second-order valence-corrected chi connectivity index (χ2v) is 27.1. The lowest BCUT2D eigenvalue weighted by Gasteiger charge is -2.49. The van der Waals surface area contributed by atoms with Crippen LogP contribution < -0.4 is 32.2 Å². The highest BCUT2D eigenvalue weighted by Crippen LogP contribution is 2.57. The quantitative estimate of drug-likeness (QED) is 0.0167. The second kappa shape index (κ2) is 36.3. The van der Waals surface area contributed by atoms with Crippen molar-refractivity contribution in [3.05, 3.63) is 94.3 Å². The van der Waals surface area contributed by atoms with E-state index < -0.39 is 180 Å². The largest absolute Gasteiger partial charge is 0.508 e. The van der Waals surface area contributed by atoms with Crippen molar-refractivity contribution < 1.29 is 141 Å². The van der Waals surface area contributed by atoms with Crippen molar-refractivity contribution in [3.63, 3.8) is 0 Å². The molecule has 1 spiro atoms. The first-order valence-electron chi connectivity index (χ1n) is 34.1. The molecule has 3 aromatic carbocycles. The topological polar surface area (TPSA) is 559 Å². The molecule has 104 heavy (non-hydrogen) atoms. The molecule has 1 unspecified atom stereocenters. The first-order valence-corrected chi connectivity index (χ1v) is 35.6. The summed E-state index contributed by atoms with van der Waals surface area (Å²) in [5, 5.41) is 113. The predicted octanol–water partition coefficient (Wildman–Crippen LogP) is 0.584. The standard InChI is InChI=1S/C66H89N8O29P/c1-3-4-5-6-7-8-9-10-11-12-13-14-15-16-23-93-46(60(87)88)32-94-104(91,92)103-64-57(55(101-65(68)90)53(84)56(99-64)58(67)85)100-63-49(70-33(2)77)52(83)54(45(31-76)97-63)98-62-48(51(82)50(81)44(30-75)96-62)71-47(80)29-74-28-35(72-73-74)27-69-59(86)34-17-20-39-38(24-34)61(89)102-66(39)40-21-18-36(78)25-42(40)95-43-26-37(79)19-22-41(43)66/h17-22,24-26,28,44-46,48-57,62-64,75-76,78-79,81-84H,3-16,23,27,29-32H2,1-2H3,(H2,67,85)(H2,68,90)(H,69,86)(H,70,77)(H,71,80)(H,87,88)(H,91,92)/t44-,45-,46-,48-,49-,50+,51-,52-,53+,54-,55+,56+,57-,62+,63+,64-/m1/s1. The van der Waals surface area contributed by atoms with Crippen LogP contribution in [-0.4, -0.2) is 232 Å². The van der Waals surface area contributed by atoms with E-state index in [-0.39, 0.29) is 53.0 Å². The van der Waals surface area contributed by atoms with E-state index in [2.05, 4.69) is 33.2 Å². The molecule has 9 rings (SSSR count). The molecule has 0 bridgehead atoms. The molecule has 0 aliphatic carbocycles. The van der Waals surface area contributed by atoms with Crippen molar-refractivity contribution in [2.75, 3.05) is 26.4 Å². The van der Waals surface area contributed by atoms with E-state index in [1.165, 1.54) is 106 Å².